The Hall–Kier alpha value is 0.195. The molecule has 2 atom stereocenters. The van der Waals surface area contributed by atoms with E-state index in [1.165, 1.54) is 97.0 Å². The van der Waals surface area contributed by atoms with Crippen molar-refractivity contribution in [3.8, 4) is 0 Å². The number of rotatable bonds is 4. The van der Waals surface area contributed by atoms with E-state index in [2.05, 4.69) is 7.85 Å². The van der Waals surface area contributed by atoms with E-state index in [1.54, 1.807) is 20.0 Å². The molecule has 2 saturated carbocycles. The third-order valence-electron chi connectivity index (χ3n) is 6.70. The Kier molecular flexibility index (Phi) is 9.85. The van der Waals surface area contributed by atoms with Gasteiger partial charge in [0.15, 0.2) is 0 Å². The Bertz CT molecular complexity index is 259. The van der Waals surface area contributed by atoms with Crippen LogP contribution in [0.25, 0.3) is 0 Å². The summed E-state index contributed by atoms with van der Waals surface area (Å²) in [5.74, 6) is 3.12. The van der Waals surface area contributed by atoms with E-state index in [4.69, 9.17) is 0 Å². The van der Waals surface area contributed by atoms with Crippen LogP contribution in [-0.4, -0.2) is 22.2 Å². The van der Waals surface area contributed by atoms with Crippen molar-refractivity contribution in [2.24, 2.45) is 5.92 Å². The molecule has 0 heterocycles. The first-order valence-corrected chi connectivity index (χ1v) is 10.9. The summed E-state index contributed by atoms with van der Waals surface area (Å²) in [6.07, 6.45) is 24.3. The third-order valence-corrected chi connectivity index (χ3v) is 6.70. The van der Waals surface area contributed by atoms with Crippen molar-refractivity contribution in [1.29, 1.82) is 0 Å². The zero-order valence-electron chi connectivity index (χ0n) is 15.5. The van der Waals surface area contributed by atoms with Crippen LogP contribution in [0.4, 0.5) is 0 Å². The lowest BCUT2D eigenvalue weighted by Crippen LogP contribution is -2.18. The predicted octanol–water partition coefficient (Wildman–Crippen LogP) is 4.90. The van der Waals surface area contributed by atoms with Crippen molar-refractivity contribution in [3.05, 3.63) is 0 Å². The van der Waals surface area contributed by atoms with Gasteiger partial charge in [0, 0.05) is 0 Å². The Morgan fingerprint density at radius 3 is 1.77 bits per heavy atom. The Morgan fingerprint density at radius 2 is 1.14 bits per heavy atom. The maximum Gasteiger partial charge on any atom is 0.105 e. The lowest BCUT2D eigenvalue weighted by atomic mass is 9.30. The van der Waals surface area contributed by atoms with E-state index < -0.39 is 0 Å². The van der Waals surface area contributed by atoms with E-state index in [-0.39, 0.29) is 0 Å². The van der Waals surface area contributed by atoms with E-state index in [0.29, 0.717) is 0 Å². The summed E-state index contributed by atoms with van der Waals surface area (Å²) in [6.45, 7) is 0. The highest BCUT2D eigenvalue weighted by Crippen LogP contribution is 2.32. The summed E-state index contributed by atoms with van der Waals surface area (Å²) in [5.41, 5.74) is 0. The first-order valence-electron chi connectivity index (χ1n) is 10.9. The molecule has 0 amide bonds. The minimum absolute atomic E-state index is 0.999. The summed E-state index contributed by atoms with van der Waals surface area (Å²) < 4.78 is 0. The van der Waals surface area contributed by atoms with Gasteiger partial charge in [-0.15, -0.1) is 0 Å². The number of hydrogen-bond acceptors (Lipinski definition) is 0. The van der Waals surface area contributed by atoms with Gasteiger partial charge in [-0.3, -0.25) is 0 Å². The molecule has 0 aromatic rings. The van der Waals surface area contributed by atoms with Crippen LogP contribution < -0.4 is 0 Å². The van der Waals surface area contributed by atoms with Crippen LogP contribution in [0.15, 0.2) is 0 Å². The molecule has 0 aromatic heterocycles. The molecule has 2 aliphatic carbocycles. The van der Waals surface area contributed by atoms with Gasteiger partial charge in [-0.25, -0.2) is 0 Å². The summed E-state index contributed by atoms with van der Waals surface area (Å²) in [7, 11) is 5.62. The highest BCUT2D eigenvalue weighted by atomic mass is 14.2. The fourth-order valence-corrected chi connectivity index (χ4v) is 5.03. The molecule has 2 rings (SSSR count). The molecule has 2 aliphatic rings. The minimum atomic E-state index is 0.999. The van der Waals surface area contributed by atoms with Crippen LogP contribution in [0.2, 0.25) is 18.0 Å². The third kappa shape index (κ3) is 7.65. The summed E-state index contributed by atoms with van der Waals surface area (Å²) >= 11 is 0. The summed E-state index contributed by atoms with van der Waals surface area (Å²) in [6, 6.07) is 0. The number of hydrogen-bond donors (Lipinski definition) is 0. The maximum absolute atomic E-state index is 2.55. The SMILES string of the molecule is BC1CCCCCCCC1CBBC1CCCCCCCC1. The normalized spacial score (nSPS) is 30.0. The van der Waals surface area contributed by atoms with Crippen LogP contribution in [0, 0.1) is 5.92 Å². The van der Waals surface area contributed by atoms with Crippen LogP contribution in [0.5, 0.6) is 0 Å². The van der Waals surface area contributed by atoms with Crippen molar-refractivity contribution in [3.63, 3.8) is 0 Å². The average Bonchev–Trinajstić information content (AvgIpc) is 2.71. The molecule has 0 radical (unpaired) electrons. The molecule has 3 heteroatoms. The van der Waals surface area contributed by atoms with Crippen molar-refractivity contribution in [2.75, 3.05) is 0 Å². The van der Waals surface area contributed by atoms with E-state index >= 15 is 0 Å². The molecule has 0 bridgehead atoms. The smallest absolute Gasteiger partial charge is 0.0822 e. The van der Waals surface area contributed by atoms with Crippen molar-refractivity contribution in [2.45, 2.75) is 114 Å². The molecular formula is C19H39B3. The molecule has 0 saturated heterocycles. The van der Waals surface area contributed by atoms with Gasteiger partial charge in [0.1, 0.15) is 7.85 Å². The van der Waals surface area contributed by atoms with Gasteiger partial charge in [-0.05, 0) is 0 Å². The van der Waals surface area contributed by atoms with Crippen LogP contribution in [-0.2, 0) is 0 Å². The molecule has 22 heavy (non-hydrogen) atoms. The zero-order chi connectivity index (χ0) is 15.5. The summed E-state index contributed by atoms with van der Waals surface area (Å²) in [4.78, 5) is 0. The van der Waals surface area contributed by atoms with E-state index in [1.807, 2.05) is 0 Å². The van der Waals surface area contributed by atoms with Crippen LogP contribution in [0.1, 0.15) is 96.3 Å². The molecule has 124 valence electrons. The molecule has 0 aliphatic heterocycles. The van der Waals surface area contributed by atoms with Gasteiger partial charge in [0.25, 0.3) is 0 Å². The fourth-order valence-electron chi connectivity index (χ4n) is 5.03. The second-order valence-corrected chi connectivity index (χ2v) is 8.58. The van der Waals surface area contributed by atoms with Crippen molar-refractivity contribution < 1.29 is 0 Å². The molecular weight excluding hydrogens is 261 g/mol. The maximum atomic E-state index is 2.55. The van der Waals surface area contributed by atoms with Crippen molar-refractivity contribution in [1.82, 2.24) is 0 Å². The molecule has 0 N–H and O–H groups in total. The van der Waals surface area contributed by atoms with E-state index in [0.717, 1.165) is 17.6 Å². The first-order chi connectivity index (χ1) is 10.9. The van der Waals surface area contributed by atoms with Gasteiger partial charge < -0.3 is 0 Å². The Balaban J connectivity index is 1.67. The molecule has 2 unspecified atom stereocenters. The first kappa shape index (κ1) is 18.5. The van der Waals surface area contributed by atoms with Gasteiger partial charge in [-0.1, -0.05) is 120 Å². The molecule has 0 aromatic carbocycles. The summed E-state index contributed by atoms with van der Waals surface area (Å²) in [5, 5.41) is 0. The van der Waals surface area contributed by atoms with E-state index in [9.17, 15) is 0 Å². The lowest BCUT2D eigenvalue weighted by molar-refractivity contribution is 0.464. The fraction of sp³-hybridized carbons (Fsp3) is 1.00. The highest BCUT2D eigenvalue weighted by Gasteiger charge is 2.20. The van der Waals surface area contributed by atoms with Gasteiger partial charge in [-0.2, -0.15) is 0 Å². The zero-order valence-corrected chi connectivity index (χ0v) is 15.5. The Morgan fingerprint density at radius 1 is 0.636 bits per heavy atom. The second-order valence-electron chi connectivity index (χ2n) is 8.58. The highest BCUT2D eigenvalue weighted by molar-refractivity contribution is 7.01. The molecule has 2 fully saturated rings. The van der Waals surface area contributed by atoms with Crippen LogP contribution in [0.3, 0.4) is 0 Å². The standard InChI is InChI=1S/C19H39B3/c20-19-15-11-7-3-4-8-12-17(19)16-21-22-18-13-9-5-1-2-6-10-14-18/h17-19,21-22H,1-16,20H2. The largest absolute Gasteiger partial charge is 0.105 e. The monoisotopic (exact) mass is 300 g/mol. The average molecular weight is 300 g/mol. The predicted molar refractivity (Wildman–Crippen MR) is 108 cm³/mol. The lowest BCUT2D eigenvalue weighted by Gasteiger charge is -2.24. The molecule has 0 nitrogen and oxygen atoms in total. The van der Waals surface area contributed by atoms with Crippen LogP contribution >= 0.6 is 0 Å². The Labute approximate surface area is 142 Å². The van der Waals surface area contributed by atoms with Gasteiger partial charge in [0.05, 0.1) is 14.3 Å². The second kappa shape index (κ2) is 11.7. The topological polar surface area (TPSA) is 0 Å². The molecule has 0 spiro atoms. The van der Waals surface area contributed by atoms with Gasteiger partial charge >= 0.3 is 0 Å². The minimum Gasteiger partial charge on any atom is -0.0822 e. The van der Waals surface area contributed by atoms with Gasteiger partial charge in [0.2, 0.25) is 0 Å². The van der Waals surface area contributed by atoms with Crippen molar-refractivity contribution >= 4 is 22.2 Å². The quantitative estimate of drug-likeness (QED) is 0.648.